The Labute approximate surface area is 218 Å². The van der Waals surface area contributed by atoms with E-state index in [2.05, 4.69) is 19.6 Å². The fourth-order valence-electron chi connectivity index (χ4n) is 4.70. The summed E-state index contributed by atoms with van der Waals surface area (Å²) in [4.78, 5) is 24.5. The van der Waals surface area contributed by atoms with Crippen molar-refractivity contribution in [3.05, 3.63) is 88.8 Å². The fourth-order valence-corrected chi connectivity index (χ4v) is 4.70. The second-order valence-electron chi connectivity index (χ2n) is 9.64. The van der Waals surface area contributed by atoms with Crippen molar-refractivity contribution < 1.29 is 23.8 Å². The number of ether oxygens (including phenoxy) is 3. The van der Waals surface area contributed by atoms with Gasteiger partial charge in [0.15, 0.2) is 0 Å². The molecule has 192 valence electrons. The number of carbonyl (C=O) groups excluding carboxylic acids is 2. The van der Waals surface area contributed by atoms with E-state index in [9.17, 15) is 9.59 Å². The maximum atomic E-state index is 12.7. The molecule has 2 atom stereocenters. The first-order valence-electron chi connectivity index (χ1n) is 13.0. The average Bonchev–Trinajstić information content (AvgIpc) is 3.26. The van der Waals surface area contributed by atoms with Crippen LogP contribution in [0.25, 0.3) is 0 Å². The SMILES string of the molecule is C=C1CC(C(CCCCC)Oc2ccc(C(=O)OC3=CC=C(C4=CC=C(C#N)CC4)CC3)cc2)OC1=O. The third-order valence-corrected chi connectivity index (χ3v) is 6.92. The van der Waals surface area contributed by atoms with E-state index >= 15 is 0 Å². The van der Waals surface area contributed by atoms with E-state index in [1.54, 1.807) is 24.3 Å². The summed E-state index contributed by atoms with van der Waals surface area (Å²) in [5, 5.41) is 9.01. The lowest BCUT2D eigenvalue weighted by atomic mass is 9.89. The highest BCUT2D eigenvalue weighted by Crippen LogP contribution is 2.31. The minimum atomic E-state index is -0.409. The van der Waals surface area contributed by atoms with Crippen molar-refractivity contribution in [3.8, 4) is 11.8 Å². The lowest BCUT2D eigenvalue weighted by Crippen LogP contribution is -2.31. The zero-order chi connectivity index (χ0) is 26.2. The molecule has 0 spiro atoms. The standard InChI is InChI=1S/C31H33NO5/c1-3-4-5-6-28(29-19-21(2)30(33)37-29)35-26-17-13-25(14-18-26)31(34)36-27-15-11-24(12-16-27)23-9-7-22(20-32)8-10-23/h7,9,11,13-15,17-18,28-29H,2-6,8,10,12,16,19H2,1H3. The molecule has 0 bridgehead atoms. The third kappa shape index (κ3) is 6.89. The topological polar surface area (TPSA) is 85.6 Å². The quantitative estimate of drug-likeness (QED) is 0.200. The van der Waals surface area contributed by atoms with Crippen LogP contribution in [0.2, 0.25) is 0 Å². The fraction of sp³-hybridized carbons (Fsp3) is 0.387. The average molecular weight is 500 g/mol. The van der Waals surface area contributed by atoms with Crippen LogP contribution in [0.1, 0.15) is 75.1 Å². The van der Waals surface area contributed by atoms with E-state index in [0.717, 1.165) is 50.5 Å². The number of cyclic esters (lactones) is 1. The molecule has 1 aromatic rings. The highest BCUT2D eigenvalue weighted by molar-refractivity contribution is 5.90. The van der Waals surface area contributed by atoms with Crippen molar-refractivity contribution in [1.29, 1.82) is 5.26 Å². The van der Waals surface area contributed by atoms with Crippen molar-refractivity contribution in [3.63, 3.8) is 0 Å². The zero-order valence-electron chi connectivity index (χ0n) is 21.3. The van der Waals surface area contributed by atoms with Crippen molar-refractivity contribution in [2.75, 3.05) is 0 Å². The number of allylic oxidation sites excluding steroid dienone is 8. The molecule has 1 aliphatic heterocycles. The second kappa shape index (κ2) is 12.4. The minimum absolute atomic E-state index is 0.262. The molecule has 3 aliphatic rings. The molecular weight excluding hydrogens is 466 g/mol. The van der Waals surface area contributed by atoms with Crippen LogP contribution in [0.15, 0.2) is 83.2 Å². The van der Waals surface area contributed by atoms with Gasteiger partial charge in [-0.3, -0.25) is 0 Å². The van der Waals surface area contributed by atoms with Gasteiger partial charge in [0.25, 0.3) is 0 Å². The number of carbonyl (C=O) groups is 2. The van der Waals surface area contributed by atoms with Gasteiger partial charge >= 0.3 is 11.9 Å². The maximum Gasteiger partial charge on any atom is 0.343 e. The molecule has 0 amide bonds. The number of esters is 2. The lowest BCUT2D eigenvalue weighted by Gasteiger charge is -2.24. The molecular formula is C31H33NO5. The molecule has 6 nitrogen and oxygen atoms in total. The van der Waals surface area contributed by atoms with Crippen LogP contribution in [0.5, 0.6) is 5.75 Å². The summed E-state index contributed by atoms with van der Waals surface area (Å²) in [7, 11) is 0. The Morgan fingerprint density at radius 3 is 2.38 bits per heavy atom. The summed E-state index contributed by atoms with van der Waals surface area (Å²) in [6.45, 7) is 5.92. The second-order valence-corrected chi connectivity index (χ2v) is 9.64. The van der Waals surface area contributed by atoms with Gasteiger partial charge in [-0.15, -0.1) is 0 Å². The molecule has 37 heavy (non-hydrogen) atoms. The van der Waals surface area contributed by atoms with E-state index in [4.69, 9.17) is 19.5 Å². The van der Waals surface area contributed by atoms with Crippen molar-refractivity contribution in [2.45, 2.75) is 76.9 Å². The monoisotopic (exact) mass is 499 g/mol. The van der Waals surface area contributed by atoms with E-state index in [1.165, 1.54) is 11.1 Å². The van der Waals surface area contributed by atoms with Gasteiger partial charge in [-0.25, -0.2) is 9.59 Å². The van der Waals surface area contributed by atoms with Crippen molar-refractivity contribution in [1.82, 2.24) is 0 Å². The third-order valence-electron chi connectivity index (χ3n) is 6.92. The Balaban J connectivity index is 1.35. The van der Waals surface area contributed by atoms with Gasteiger partial charge in [-0.2, -0.15) is 5.26 Å². The normalized spacial score (nSPS) is 20.1. The van der Waals surface area contributed by atoms with Crippen LogP contribution >= 0.6 is 0 Å². The van der Waals surface area contributed by atoms with Gasteiger partial charge in [0.1, 0.15) is 23.7 Å². The minimum Gasteiger partial charge on any atom is -0.487 e. The summed E-state index contributed by atoms with van der Waals surface area (Å²) in [6, 6.07) is 9.09. The number of benzene rings is 1. The Morgan fingerprint density at radius 2 is 1.81 bits per heavy atom. The highest BCUT2D eigenvalue weighted by Gasteiger charge is 2.35. The molecule has 1 saturated heterocycles. The van der Waals surface area contributed by atoms with E-state index < -0.39 is 5.97 Å². The number of nitriles is 1. The lowest BCUT2D eigenvalue weighted by molar-refractivity contribution is -0.142. The zero-order valence-corrected chi connectivity index (χ0v) is 21.3. The summed E-state index contributed by atoms with van der Waals surface area (Å²) in [6.07, 6.45) is 14.6. The molecule has 6 heteroatoms. The first-order valence-corrected chi connectivity index (χ1v) is 13.0. The van der Waals surface area contributed by atoms with Gasteiger partial charge in [-0.1, -0.05) is 38.5 Å². The Morgan fingerprint density at radius 1 is 1.08 bits per heavy atom. The van der Waals surface area contributed by atoms with Crippen molar-refractivity contribution >= 4 is 11.9 Å². The summed E-state index contributed by atoms with van der Waals surface area (Å²) in [5.41, 5.74) is 4.18. The van der Waals surface area contributed by atoms with E-state index in [0.29, 0.717) is 35.5 Å². The molecule has 0 aromatic heterocycles. The molecule has 2 unspecified atom stereocenters. The Bertz CT molecular complexity index is 1190. The van der Waals surface area contributed by atoms with Crippen LogP contribution < -0.4 is 4.74 Å². The van der Waals surface area contributed by atoms with Gasteiger partial charge in [0.05, 0.1) is 11.6 Å². The molecule has 1 aromatic carbocycles. The number of unbranched alkanes of at least 4 members (excludes halogenated alkanes) is 2. The molecule has 2 aliphatic carbocycles. The summed E-state index contributed by atoms with van der Waals surface area (Å²) in [5.74, 6) is 0.490. The van der Waals surface area contributed by atoms with Crippen LogP contribution in [0, 0.1) is 11.3 Å². The Hall–Kier alpha value is -3.85. The molecule has 0 N–H and O–H groups in total. The Kier molecular flexibility index (Phi) is 8.79. The summed E-state index contributed by atoms with van der Waals surface area (Å²) < 4.78 is 17.3. The maximum absolute atomic E-state index is 12.7. The number of nitrogens with zero attached hydrogens (tertiary/aromatic N) is 1. The number of hydrogen-bond donors (Lipinski definition) is 0. The predicted octanol–water partition coefficient (Wildman–Crippen LogP) is 6.82. The molecule has 4 rings (SSSR count). The highest BCUT2D eigenvalue weighted by atomic mass is 16.6. The van der Waals surface area contributed by atoms with Crippen molar-refractivity contribution in [2.24, 2.45) is 0 Å². The van der Waals surface area contributed by atoms with Gasteiger partial charge in [0, 0.05) is 24.0 Å². The molecule has 0 radical (unpaired) electrons. The first-order chi connectivity index (χ1) is 18.0. The van der Waals surface area contributed by atoms with Gasteiger partial charge < -0.3 is 14.2 Å². The molecule has 1 fully saturated rings. The van der Waals surface area contributed by atoms with E-state index in [1.807, 2.05) is 24.3 Å². The predicted molar refractivity (Wildman–Crippen MR) is 140 cm³/mol. The number of rotatable bonds is 10. The van der Waals surface area contributed by atoms with Crippen LogP contribution in [0.3, 0.4) is 0 Å². The largest absolute Gasteiger partial charge is 0.487 e. The van der Waals surface area contributed by atoms with Crippen LogP contribution in [-0.4, -0.2) is 24.1 Å². The molecule has 1 heterocycles. The molecule has 0 saturated carbocycles. The van der Waals surface area contributed by atoms with E-state index in [-0.39, 0.29) is 18.2 Å². The first kappa shape index (κ1) is 26.2. The van der Waals surface area contributed by atoms with Crippen LogP contribution in [-0.2, 0) is 14.3 Å². The van der Waals surface area contributed by atoms with Gasteiger partial charge in [0.2, 0.25) is 0 Å². The van der Waals surface area contributed by atoms with Gasteiger partial charge in [-0.05, 0) is 79.7 Å². The number of hydrogen-bond acceptors (Lipinski definition) is 6. The van der Waals surface area contributed by atoms with Crippen LogP contribution in [0.4, 0.5) is 0 Å². The summed E-state index contributed by atoms with van der Waals surface area (Å²) >= 11 is 0. The smallest absolute Gasteiger partial charge is 0.343 e.